The standard InChI is InChI=1S/C31H35ClN2O2/c1-23-9-8-12-26(19-23)21-30(35)34(22-25-15-17-27(32)18-16-25)29(20-24-10-4-2-5-11-24)31(36)33-28-13-6-3-7-14-28/h2,4-5,8-12,15-19,28-29H,3,6-7,13-14,20-22H2,1H3,(H,33,36)/t29-/m0/s1. The van der Waals surface area contributed by atoms with Crippen LogP contribution in [0.3, 0.4) is 0 Å². The van der Waals surface area contributed by atoms with Crippen LogP contribution >= 0.6 is 11.6 Å². The molecular weight excluding hydrogens is 468 g/mol. The summed E-state index contributed by atoms with van der Waals surface area (Å²) >= 11 is 6.12. The summed E-state index contributed by atoms with van der Waals surface area (Å²) in [7, 11) is 0. The van der Waals surface area contributed by atoms with Crippen molar-refractivity contribution in [1.29, 1.82) is 0 Å². The van der Waals surface area contributed by atoms with Gasteiger partial charge in [-0.3, -0.25) is 9.59 Å². The van der Waals surface area contributed by atoms with Crippen molar-refractivity contribution in [2.45, 2.75) is 70.5 Å². The zero-order valence-corrected chi connectivity index (χ0v) is 21.7. The number of nitrogens with one attached hydrogen (secondary N) is 1. The Morgan fingerprint density at radius 2 is 1.58 bits per heavy atom. The minimum Gasteiger partial charge on any atom is -0.352 e. The molecule has 3 aromatic carbocycles. The van der Waals surface area contributed by atoms with Gasteiger partial charge in [0.05, 0.1) is 6.42 Å². The molecule has 0 spiro atoms. The zero-order chi connectivity index (χ0) is 25.3. The van der Waals surface area contributed by atoms with E-state index in [1.54, 1.807) is 4.90 Å². The molecular formula is C31H35ClN2O2. The molecule has 1 saturated carbocycles. The molecule has 4 nitrogen and oxygen atoms in total. The van der Waals surface area contributed by atoms with Gasteiger partial charge in [-0.05, 0) is 48.6 Å². The van der Waals surface area contributed by atoms with E-state index >= 15 is 0 Å². The number of carbonyl (C=O) groups excluding carboxylic acids is 2. The van der Waals surface area contributed by atoms with Crippen LogP contribution in [0.4, 0.5) is 0 Å². The predicted molar refractivity (Wildman–Crippen MR) is 146 cm³/mol. The van der Waals surface area contributed by atoms with Gasteiger partial charge in [0.15, 0.2) is 0 Å². The van der Waals surface area contributed by atoms with Crippen molar-refractivity contribution < 1.29 is 9.59 Å². The molecule has 0 unspecified atom stereocenters. The molecule has 0 saturated heterocycles. The molecule has 0 heterocycles. The Morgan fingerprint density at radius 1 is 0.889 bits per heavy atom. The highest BCUT2D eigenvalue weighted by Gasteiger charge is 2.32. The summed E-state index contributed by atoms with van der Waals surface area (Å²) in [6.07, 6.45) is 6.20. The third-order valence-electron chi connectivity index (χ3n) is 6.93. The minimum atomic E-state index is -0.609. The first-order chi connectivity index (χ1) is 17.5. The highest BCUT2D eigenvalue weighted by molar-refractivity contribution is 6.30. The van der Waals surface area contributed by atoms with Crippen molar-refractivity contribution in [2.24, 2.45) is 0 Å². The average Bonchev–Trinajstić information content (AvgIpc) is 2.88. The van der Waals surface area contributed by atoms with E-state index in [1.165, 1.54) is 6.42 Å². The number of halogens is 1. The van der Waals surface area contributed by atoms with Crippen molar-refractivity contribution >= 4 is 23.4 Å². The summed E-state index contributed by atoms with van der Waals surface area (Å²) in [6.45, 7) is 2.37. The maximum Gasteiger partial charge on any atom is 0.243 e. The quantitative estimate of drug-likeness (QED) is 0.374. The van der Waals surface area contributed by atoms with Gasteiger partial charge in [-0.1, -0.05) is 103 Å². The van der Waals surface area contributed by atoms with E-state index in [2.05, 4.69) is 5.32 Å². The number of rotatable bonds is 9. The van der Waals surface area contributed by atoms with Crippen LogP contribution in [-0.2, 0) is 29.0 Å². The lowest BCUT2D eigenvalue weighted by Crippen LogP contribution is -2.53. The van der Waals surface area contributed by atoms with Crippen LogP contribution in [0, 0.1) is 6.92 Å². The first-order valence-electron chi connectivity index (χ1n) is 12.9. The summed E-state index contributed by atoms with van der Waals surface area (Å²) in [5, 5.41) is 3.93. The summed E-state index contributed by atoms with van der Waals surface area (Å²) in [4.78, 5) is 29.4. The number of amides is 2. The van der Waals surface area contributed by atoms with Gasteiger partial charge in [0, 0.05) is 24.0 Å². The Morgan fingerprint density at radius 3 is 2.28 bits per heavy atom. The van der Waals surface area contributed by atoms with E-state index in [0.29, 0.717) is 18.0 Å². The van der Waals surface area contributed by atoms with Gasteiger partial charge < -0.3 is 10.2 Å². The second-order valence-electron chi connectivity index (χ2n) is 9.86. The normalized spacial score (nSPS) is 14.7. The molecule has 5 heteroatoms. The topological polar surface area (TPSA) is 49.4 Å². The lowest BCUT2D eigenvalue weighted by molar-refractivity contribution is -0.141. The van der Waals surface area contributed by atoms with E-state index in [1.807, 2.05) is 85.8 Å². The van der Waals surface area contributed by atoms with Crippen LogP contribution in [-0.4, -0.2) is 28.8 Å². The van der Waals surface area contributed by atoms with E-state index in [9.17, 15) is 9.59 Å². The average molecular weight is 503 g/mol. The molecule has 1 atom stereocenters. The van der Waals surface area contributed by atoms with E-state index in [-0.39, 0.29) is 24.3 Å². The fourth-order valence-corrected chi connectivity index (χ4v) is 5.11. The molecule has 0 aliphatic heterocycles. The number of aryl methyl sites for hydroxylation is 1. The Bertz CT molecular complexity index is 1140. The Hall–Kier alpha value is -3.11. The number of carbonyl (C=O) groups is 2. The van der Waals surface area contributed by atoms with Gasteiger partial charge in [-0.2, -0.15) is 0 Å². The monoisotopic (exact) mass is 502 g/mol. The summed E-state index contributed by atoms with van der Waals surface area (Å²) < 4.78 is 0. The van der Waals surface area contributed by atoms with Crippen molar-refractivity contribution in [1.82, 2.24) is 10.2 Å². The molecule has 1 fully saturated rings. The smallest absolute Gasteiger partial charge is 0.243 e. The lowest BCUT2D eigenvalue weighted by atomic mass is 9.94. The summed E-state index contributed by atoms with van der Waals surface area (Å²) in [5.41, 5.74) is 4.04. The van der Waals surface area contributed by atoms with E-state index in [0.717, 1.165) is 47.9 Å². The molecule has 0 bridgehead atoms. The Balaban J connectivity index is 1.65. The highest BCUT2D eigenvalue weighted by Crippen LogP contribution is 2.21. The van der Waals surface area contributed by atoms with Crippen LogP contribution in [0.1, 0.15) is 54.4 Å². The Kier molecular flexibility index (Phi) is 9.18. The molecule has 2 amide bonds. The van der Waals surface area contributed by atoms with Gasteiger partial charge in [0.1, 0.15) is 6.04 Å². The fourth-order valence-electron chi connectivity index (χ4n) is 4.98. The second kappa shape index (κ2) is 12.7. The first-order valence-corrected chi connectivity index (χ1v) is 13.3. The molecule has 36 heavy (non-hydrogen) atoms. The van der Waals surface area contributed by atoms with Crippen LogP contribution in [0.5, 0.6) is 0 Å². The molecule has 1 aliphatic rings. The summed E-state index contributed by atoms with van der Waals surface area (Å²) in [5.74, 6) is -0.132. The largest absolute Gasteiger partial charge is 0.352 e. The fraction of sp³-hybridized carbons (Fsp3) is 0.355. The van der Waals surface area contributed by atoms with Crippen LogP contribution in [0.15, 0.2) is 78.9 Å². The molecule has 0 aromatic heterocycles. The summed E-state index contributed by atoms with van der Waals surface area (Å²) in [6, 6.07) is 25.0. The first kappa shape index (κ1) is 26.0. The maximum absolute atomic E-state index is 13.8. The van der Waals surface area contributed by atoms with Crippen LogP contribution < -0.4 is 5.32 Å². The van der Waals surface area contributed by atoms with E-state index in [4.69, 9.17) is 11.6 Å². The SMILES string of the molecule is Cc1cccc(CC(=O)N(Cc2ccc(Cl)cc2)[C@@H](Cc2ccccc2)C(=O)NC2CCCCC2)c1. The molecule has 1 N–H and O–H groups in total. The van der Waals surface area contributed by atoms with E-state index < -0.39 is 6.04 Å². The predicted octanol–water partition coefficient (Wildman–Crippen LogP) is 6.28. The van der Waals surface area contributed by atoms with Crippen LogP contribution in [0.25, 0.3) is 0 Å². The molecule has 188 valence electrons. The minimum absolute atomic E-state index is 0.0599. The molecule has 0 radical (unpaired) electrons. The third-order valence-corrected chi connectivity index (χ3v) is 7.18. The van der Waals surface area contributed by atoms with Crippen molar-refractivity contribution in [2.75, 3.05) is 0 Å². The van der Waals surface area contributed by atoms with Crippen LogP contribution in [0.2, 0.25) is 5.02 Å². The van der Waals surface area contributed by atoms with Gasteiger partial charge in [-0.25, -0.2) is 0 Å². The second-order valence-corrected chi connectivity index (χ2v) is 10.3. The number of hydrogen-bond acceptors (Lipinski definition) is 2. The Labute approximate surface area is 219 Å². The van der Waals surface area contributed by atoms with Crippen molar-refractivity contribution in [3.8, 4) is 0 Å². The highest BCUT2D eigenvalue weighted by atomic mass is 35.5. The lowest BCUT2D eigenvalue weighted by Gasteiger charge is -2.33. The number of benzene rings is 3. The molecule has 3 aromatic rings. The van der Waals surface area contributed by atoms with Crippen molar-refractivity contribution in [3.63, 3.8) is 0 Å². The number of hydrogen-bond donors (Lipinski definition) is 1. The molecule has 1 aliphatic carbocycles. The number of nitrogens with zero attached hydrogens (tertiary/aromatic N) is 1. The van der Waals surface area contributed by atoms with Gasteiger partial charge >= 0.3 is 0 Å². The van der Waals surface area contributed by atoms with Gasteiger partial charge in [-0.15, -0.1) is 0 Å². The van der Waals surface area contributed by atoms with Gasteiger partial charge in [0.25, 0.3) is 0 Å². The maximum atomic E-state index is 13.8. The third kappa shape index (κ3) is 7.44. The van der Waals surface area contributed by atoms with Crippen molar-refractivity contribution in [3.05, 3.63) is 106 Å². The zero-order valence-electron chi connectivity index (χ0n) is 21.0. The van der Waals surface area contributed by atoms with Gasteiger partial charge in [0.2, 0.25) is 11.8 Å². The molecule has 4 rings (SSSR count).